The van der Waals surface area contributed by atoms with E-state index in [1.807, 2.05) is 20.8 Å². The van der Waals surface area contributed by atoms with E-state index in [0.717, 1.165) is 30.4 Å². The van der Waals surface area contributed by atoms with Crippen LogP contribution in [0.1, 0.15) is 53.4 Å². The highest BCUT2D eigenvalue weighted by Crippen LogP contribution is 2.10. The molecule has 0 aromatic carbocycles. The maximum Gasteiger partial charge on any atom is 0.346 e. The van der Waals surface area contributed by atoms with Crippen LogP contribution < -0.4 is 0 Å². The van der Waals surface area contributed by atoms with Crippen LogP contribution >= 0.6 is 0 Å². The molecule has 1 heterocycles. The van der Waals surface area contributed by atoms with Crippen molar-refractivity contribution in [2.45, 2.75) is 58.5 Å². The number of rotatable bonds is 9. The van der Waals surface area contributed by atoms with Crippen molar-refractivity contribution in [2.24, 2.45) is 5.92 Å². The third-order valence-corrected chi connectivity index (χ3v) is 5.28. The van der Waals surface area contributed by atoms with E-state index in [1.54, 1.807) is 4.90 Å². The van der Waals surface area contributed by atoms with E-state index in [-0.39, 0.29) is 22.9 Å². The number of carbonyl (C=O) groups excluding carboxylic acids is 1. The van der Waals surface area contributed by atoms with Gasteiger partial charge in [0.25, 0.3) is 5.16 Å². The van der Waals surface area contributed by atoms with Crippen molar-refractivity contribution >= 4 is 15.9 Å². The summed E-state index contributed by atoms with van der Waals surface area (Å²) in [6.45, 7) is 8.86. The monoisotopic (exact) mass is 344 g/mol. The summed E-state index contributed by atoms with van der Waals surface area (Å²) in [6, 6.07) is -0.331. The lowest BCUT2D eigenvalue weighted by Gasteiger charge is -2.19. The predicted molar refractivity (Wildman–Crippen MR) is 89.1 cm³/mol. The summed E-state index contributed by atoms with van der Waals surface area (Å²) in [4.78, 5) is 17.9. The second-order valence-corrected chi connectivity index (χ2v) is 8.00. The molecule has 0 saturated heterocycles. The second kappa shape index (κ2) is 9.00. The molecule has 1 aromatic heterocycles. The Bertz CT molecular complexity index is 596. The van der Waals surface area contributed by atoms with Crippen LogP contribution in [0.4, 0.5) is 4.79 Å². The third kappa shape index (κ3) is 5.93. The van der Waals surface area contributed by atoms with E-state index in [4.69, 9.17) is 0 Å². The van der Waals surface area contributed by atoms with Gasteiger partial charge >= 0.3 is 6.03 Å². The van der Waals surface area contributed by atoms with E-state index in [1.165, 1.54) is 6.33 Å². The smallest absolute Gasteiger partial charge is 0.323 e. The topological polar surface area (TPSA) is 85.2 Å². The zero-order valence-electron chi connectivity index (χ0n) is 14.5. The van der Waals surface area contributed by atoms with Crippen molar-refractivity contribution in [1.82, 2.24) is 19.7 Å². The van der Waals surface area contributed by atoms with Gasteiger partial charge in [0.05, 0.1) is 5.75 Å². The van der Waals surface area contributed by atoms with E-state index >= 15 is 0 Å². The molecule has 0 fully saturated rings. The molecule has 1 amide bonds. The van der Waals surface area contributed by atoms with Crippen molar-refractivity contribution in [3.63, 3.8) is 0 Å². The fourth-order valence-electron chi connectivity index (χ4n) is 2.26. The number of sulfone groups is 1. The number of unbranched alkanes of at least 4 members (excludes halogenated alkanes) is 3. The number of hydrogen-bond acceptors (Lipinski definition) is 5. The molecule has 0 saturated carbocycles. The van der Waals surface area contributed by atoms with Crippen LogP contribution in [0, 0.1) is 5.92 Å². The summed E-state index contributed by atoms with van der Waals surface area (Å²) in [5.41, 5.74) is 0. The first-order chi connectivity index (χ1) is 10.8. The molecule has 0 unspecified atom stereocenters. The molecule has 8 heteroatoms. The Balaban J connectivity index is 2.76. The van der Waals surface area contributed by atoms with Crippen molar-refractivity contribution in [1.29, 1.82) is 0 Å². The second-order valence-electron chi connectivity index (χ2n) is 6.07. The average molecular weight is 344 g/mol. The molecule has 0 atom stereocenters. The minimum absolute atomic E-state index is 0.0200. The molecule has 0 aliphatic rings. The summed E-state index contributed by atoms with van der Waals surface area (Å²) in [5.74, 6) is -0.0481. The Morgan fingerprint density at radius 3 is 2.52 bits per heavy atom. The Labute approximate surface area is 139 Å². The average Bonchev–Trinajstić information content (AvgIpc) is 2.96. The van der Waals surface area contributed by atoms with E-state index in [9.17, 15) is 13.2 Å². The molecule has 0 bridgehead atoms. The van der Waals surface area contributed by atoms with Crippen LogP contribution in [0.25, 0.3) is 0 Å². The van der Waals surface area contributed by atoms with Crippen molar-refractivity contribution in [3.8, 4) is 0 Å². The molecule has 7 nitrogen and oxygen atoms in total. The largest absolute Gasteiger partial charge is 0.346 e. The standard InChI is InChI=1S/C15H28N4O3S/c1-5-7-8-9-10-18(6-2)15(20)19-12-16-14(17-19)23(21,22)11-13(3)4/h12-13H,5-11H2,1-4H3. The fourth-order valence-corrected chi connectivity index (χ4v) is 3.71. The van der Waals surface area contributed by atoms with E-state index in [2.05, 4.69) is 17.0 Å². The Morgan fingerprint density at radius 2 is 1.96 bits per heavy atom. The van der Waals surface area contributed by atoms with Gasteiger partial charge in [0.2, 0.25) is 9.84 Å². The molecular weight excluding hydrogens is 316 g/mol. The van der Waals surface area contributed by atoms with Gasteiger partial charge in [-0.05, 0) is 19.3 Å². The van der Waals surface area contributed by atoms with E-state index < -0.39 is 9.84 Å². The molecule has 0 radical (unpaired) electrons. The van der Waals surface area contributed by atoms with Gasteiger partial charge in [-0.2, -0.15) is 4.68 Å². The summed E-state index contributed by atoms with van der Waals surface area (Å²) >= 11 is 0. The lowest BCUT2D eigenvalue weighted by molar-refractivity contribution is 0.197. The van der Waals surface area contributed by atoms with Gasteiger partial charge in [-0.25, -0.2) is 18.2 Å². The molecule has 1 rings (SSSR count). The van der Waals surface area contributed by atoms with Crippen molar-refractivity contribution in [2.75, 3.05) is 18.8 Å². The number of hydrogen-bond donors (Lipinski definition) is 0. The maximum absolute atomic E-state index is 12.4. The highest BCUT2D eigenvalue weighted by Gasteiger charge is 2.23. The minimum atomic E-state index is -3.54. The molecule has 0 N–H and O–H groups in total. The first-order valence-corrected chi connectivity index (χ1v) is 9.90. The van der Waals surface area contributed by atoms with Gasteiger partial charge in [-0.1, -0.05) is 40.0 Å². The summed E-state index contributed by atoms with van der Waals surface area (Å²) < 4.78 is 25.2. The van der Waals surface area contributed by atoms with Crippen LogP contribution in [0.2, 0.25) is 0 Å². The molecule has 23 heavy (non-hydrogen) atoms. The van der Waals surface area contributed by atoms with Crippen LogP contribution in [0.3, 0.4) is 0 Å². The zero-order valence-corrected chi connectivity index (χ0v) is 15.3. The normalized spacial score (nSPS) is 11.9. The van der Waals surface area contributed by atoms with Gasteiger partial charge in [0, 0.05) is 13.1 Å². The first kappa shape index (κ1) is 19.6. The lowest BCUT2D eigenvalue weighted by atomic mass is 10.2. The summed E-state index contributed by atoms with van der Waals surface area (Å²) in [6.07, 6.45) is 5.48. The Morgan fingerprint density at radius 1 is 1.26 bits per heavy atom. The number of carbonyl (C=O) groups is 1. The third-order valence-electron chi connectivity index (χ3n) is 3.43. The van der Waals surface area contributed by atoms with Crippen LogP contribution in [-0.2, 0) is 9.84 Å². The first-order valence-electron chi connectivity index (χ1n) is 8.25. The van der Waals surface area contributed by atoms with Gasteiger partial charge < -0.3 is 4.90 Å². The lowest BCUT2D eigenvalue weighted by Crippen LogP contribution is -2.35. The summed E-state index contributed by atoms with van der Waals surface area (Å²) in [5, 5.41) is 3.60. The quantitative estimate of drug-likeness (QED) is 0.643. The Hall–Kier alpha value is -1.44. The van der Waals surface area contributed by atoms with Gasteiger partial charge in [-0.3, -0.25) is 0 Å². The van der Waals surface area contributed by atoms with Crippen molar-refractivity contribution < 1.29 is 13.2 Å². The maximum atomic E-state index is 12.4. The van der Waals surface area contributed by atoms with Gasteiger partial charge in [0.15, 0.2) is 0 Å². The molecule has 0 aliphatic carbocycles. The highest BCUT2D eigenvalue weighted by molar-refractivity contribution is 7.91. The number of nitrogens with zero attached hydrogens (tertiary/aromatic N) is 4. The van der Waals surface area contributed by atoms with Crippen LogP contribution in [-0.4, -0.2) is 53.0 Å². The minimum Gasteiger partial charge on any atom is -0.323 e. The SMILES string of the molecule is CCCCCCN(CC)C(=O)n1cnc(S(=O)(=O)CC(C)C)n1. The molecule has 0 aliphatic heterocycles. The predicted octanol–water partition coefficient (Wildman–Crippen LogP) is 2.58. The Kier molecular flexibility index (Phi) is 7.67. The van der Waals surface area contributed by atoms with Crippen LogP contribution in [0.15, 0.2) is 11.5 Å². The zero-order chi connectivity index (χ0) is 17.5. The van der Waals surface area contributed by atoms with Gasteiger partial charge in [0.1, 0.15) is 6.33 Å². The molecular formula is C15H28N4O3S. The highest BCUT2D eigenvalue weighted by atomic mass is 32.2. The number of amides is 1. The van der Waals surface area contributed by atoms with Gasteiger partial charge in [-0.15, -0.1) is 5.10 Å². The molecule has 0 spiro atoms. The van der Waals surface area contributed by atoms with Crippen LogP contribution in [0.5, 0.6) is 0 Å². The fraction of sp³-hybridized carbons (Fsp3) is 0.800. The number of aromatic nitrogens is 3. The summed E-state index contributed by atoms with van der Waals surface area (Å²) in [7, 11) is -3.54. The van der Waals surface area contributed by atoms with Crippen molar-refractivity contribution in [3.05, 3.63) is 6.33 Å². The van der Waals surface area contributed by atoms with E-state index in [0.29, 0.717) is 13.1 Å². The molecule has 132 valence electrons. The molecule has 1 aromatic rings.